The molecule has 0 aliphatic rings. The number of halogens is 2. The Balaban J connectivity index is 1.67. The van der Waals surface area contributed by atoms with E-state index in [-0.39, 0.29) is 29.5 Å². The average Bonchev–Trinajstić information content (AvgIpc) is 3.12. The fraction of sp³-hybridized carbons (Fsp3) is 0.0588. The number of nitro benzene ring substituents is 1. The summed E-state index contributed by atoms with van der Waals surface area (Å²) in [4.78, 5) is 22.5. The van der Waals surface area contributed by atoms with Gasteiger partial charge in [-0.2, -0.15) is 5.10 Å². The maximum atomic E-state index is 12.3. The van der Waals surface area contributed by atoms with Gasteiger partial charge in [0.1, 0.15) is 11.5 Å². The predicted octanol–water partition coefficient (Wildman–Crippen LogP) is 4.20. The van der Waals surface area contributed by atoms with Gasteiger partial charge in [0.05, 0.1) is 15.6 Å². The van der Waals surface area contributed by atoms with Crippen LogP contribution in [0.5, 0.6) is 11.5 Å². The molecule has 0 unspecified atom stereocenters. The van der Waals surface area contributed by atoms with Gasteiger partial charge in [0, 0.05) is 22.8 Å². The normalized spacial score (nSPS) is 10.5. The van der Waals surface area contributed by atoms with Gasteiger partial charge >= 0.3 is 0 Å². The molecular formula is C17H12BrClN4O5. The third-order valence-electron chi connectivity index (χ3n) is 3.56. The lowest BCUT2D eigenvalue weighted by Gasteiger charge is -2.08. The molecule has 0 radical (unpaired) electrons. The molecule has 2 N–H and O–H groups in total. The molecule has 0 saturated heterocycles. The van der Waals surface area contributed by atoms with Crippen LogP contribution < -0.4 is 10.1 Å². The van der Waals surface area contributed by atoms with Crippen LogP contribution in [0.4, 0.5) is 11.4 Å². The lowest BCUT2D eigenvalue weighted by Crippen LogP contribution is -2.14. The van der Waals surface area contributed by atoms with Gasteiger partial charge in [-0.05, 0) is 30.3 Å². The van der Waals surface area contributed by atoms with Gasteiger partial charge in [0.15, 0.2) is 12.4 Å². The molecule has 1 amide bonds. The lowest BCUT2D eigenvalue weighted by atomic mass is 10.2. The average molecular weight is 468 g/mol. The number of ether oxygens (including phenoxy) is 1. The Bertz CT molecular complexity index is 1060. The summed E-state index contributed by atoms with van der Waals surface area (Å²) >= 11 is 9.37. The molecule has 0 spiro atoms. The molecule has 2 aromatic carbocycles. The van der Waals surface area contributed by atoms with Crippen molar-refractivity contribution in [1.29, 1.82) is 0 Å². The highest BCUT2D eigenvalue weighted by Gasteiger charge is 2.15. The highest BCUT2D eigenvalue weighted by atomic mass is 79.9. The molecule has 3 rings (SSSR count). The van der Waals surface area contributed by atoms with Crippen molar-refractivity contribution in [3.8, 4) is 11.5 Å². The number of non-ortho nitro benzene ring substituents is 1. The minimum atomic E-state index is -0.642. The van der Waals surface area contributed by atoms with Gasteiger partial charge in [0.25, 0.3) is 11.6 Å². The maximum absolute atomic E-state index is 12.3. The minimum Gasteiger partial charge on any atom is -0.506 e. The number of nitrogens with one attached hydrogen (secondary N) is 1. The van der Waals surface area contributed by atoms with Crippen LogP contribution in [0.1, 0.15) is 10.5 Å². The number of benzene rings is 2. The summed E-state index contributed by atoms with van der Waals surface area (Å²) in [5.41, 5.74) is -0.318. The van der Waals surface area contributed by atoms with Crippen LogP contribution in [-0.4, -0.2) is 25.7 Å². The summed E-state index contributed by atoms with van der Waals surface area (Å²) in [5, 5.41) is 27.5. The van der Waals surface area contributed by atoms with Crippen molar-refractivity contribution in [2.24, 2.45) is 0 Å². The Labute approximate surface area is 171 Å². The molecule has 9 nitrogen and oxygen atoms in total. The van der Waals surface area contributed by atoms with Crippen LogP contribution in [0.25, 0.3) is 0 Å². The number of carbonyl (C=O) groups excluding carboxylic acids is 1. The Hall–Kier alpha value is -3.11. The first-order chi connectivity index (χ1) is 13.3. The van der Waals surface area contributed by atoms with Crippen LogP contribution >= 0.6 is 27.5 Å². The zero-order valence-electron chi connectivity index (χ0n) is 14.0. The number of hydrogen-bond donors (Lipinski definition) is 2. The van der Waals surface area contributed by atoms with E-state index in [1.807, 2.05) is 0 Å². The third kappa shape index (κ3) is 4.59. The molecule has 144 valence electrons. The van der Waals surface area contributed by atoms with E-state index in [9.17, 15) is 20.0 Å². The van der Waals surface area contributed by atoms with Crippen molar-refractivity contribution < 1.29 is 19.6 Å². The first kappa shape index (κ1) is 19.6. The Kier molecular flexibility index (Phi) is 5.81. The highest BCUT2D eigenvalue weighted by molar-refractivity contribution is 9.10. The SMILES string of the molecule is O=C(Nc1cc([N+](=O)[O-])ccc1O)c1ccn(COc2ccc(Br)cc2Cl)n1. The number of phenols is 1. The third-order valence-corrected chi connectivity index (χ3v) is 4.35. The van der Waals surface area contributed by atoms with Gasteiger partial charge in [-0.25, -0.2) is 4.68 Å². The van der Waals surface area contributed by atoms with Gasteiger partial charge in [-0.3, -0.25) is 14.9 Å². The van der Waals surface area contributed by atoms with E-state index >= 15 is 0 Å². The van der Waals surface area contributed by atoms with E-state index in [4.69, 9.17) is 16.3 Å². The monoisotopic (exact) mass is 466 g/mol. The van der Waals surface area contributed by atoms with E-state index in [0.29, 0.717) is 10.8 Å². The van der Waals surface area contributed by atoms with Crippen LogP contribution in [0, 0.1) is 10.1 Å². The predicted molar refractivity (Wildman–Crippen MR) is 105 cm³/mol. The van der Waals surface area contributed by atoms with E-state index in [1.165, 1.54) is 16.9 Å². The summed E-state index contributed by atoms with van der Waals surface area (Å²) in [6, 6.07) is 9.90. The van der Waals surface area contributed by atoms with E-state index in [1.54, 1.807) is 18.2 Å². The zero-order valence-corrected chi connectivity index (χ0v) is 16.3. The van der Waals surface area contributed by atoms with Crippen molar-refractivity contribution in [3.63, 3.8) is 0 Å². The molecule has 0 fully saturated rings. The summed E-state index contributed by atoms with van der Waals surface area (Å²) in [5.74, 6) is -0.490. The fourth-order valence-corrected chi connectivity index (χ4v) is 2.93. The Morgan fingerprint density at radius 3 is 2.82 bits per heavy atom. The smallest absolute Gasteiger partial charge is 0.276 e. The summed E-state index contributed by atoms with van der Waals surface area (Å²) in [7, 11) is 0. The largest absolute Gasteiger partial charge is 0.506 e. The van der Waals surface area contributed by atoms with Crippen molar-refractivity contribution in [1.82, 2.24) is 9.78 Å². The molecule has 28 heavy (non-hydrogen) atoms. The number of amides is 1. The molecule has 0 aliphatic carbocycles. The molecular weight excluding hydrogens is 456 g/mol. The quantitative estimate of drug-likeness (QED) is 0.318. The lowest BCUT2D eigenvalue weighted by molar-refractivity contribution is -0.384. The maximum Gasteiger partial charge on any atom is 0.276 e. The van der Waals surface area contributed by atoms with Crippen LogP contribution in [0.15, 0.2) is 53.1 Å². The summed E-state index contributed by atoms with van der Waals surface area (Å²) < 4.78 is 7.74. The van der Waals surface area contributed by atoms with Gasteiger partial charge in [-0.15, -0.1) is 0 Å². The van der Waals surface area contributed by atoms with Crippen LogP contribution in [-0.2, 0) is 6.73 Å². The molecule has 1 aromatic heterocycles. The molecule has 0 bridgehead atoms. The highest BCUT2D eigenvalue weighted by Crippen LogP contribution is 2.29. The molecule has 1 heterocycles. The van der Waals surface area contributed by atoms with Crippen molar-refractivity contribution in [2.45, 2.75) is 6.73 Å². The number of carbonyl (C=O) groups is 1. The second-order valence-electron chi connectivity index (χ2n) is 5.50. The van der Waals surface area contributed by atoms with Crippen molar-refractivity contribution >= 4 is 44.8 Å². The van der Waals surface area contributed by atoms with Gasteiger partial charge < -0.3 is 15.2 Å². The first-order valence-electron chi connectivity index (χ1n) is 7.73. The summed E-state index contributed by atoms with van der Waals surface area (Å²) in [6.07, 6.45) is 1.52. The fourth-order valence-electron chi connectivity index (χ4n) is 2.21. The van der Waals surface area contributed by atoms with Crippen molar-refractivity contribution in [3.05, 3.63) is 74.0 Å². The van der Waals surface area contributed by atoms with E-state index in [2.05, 4.69) is 26.3 Å². The minimum absolute atomic E-state index is 0.0106. The molecule has 0 saturated carbocycles. The molecule has 0 aliphatic heterocycles. The second-order valence-corrected chi connectivity index (χ2v) is 6.82. The topological polar surface area (TPSA) is 120 Å². The van der Waals surface area contributed by atoms with Gasteiger partial charge in [0.2, 0.25) is 0 Å². The second kappa shape index (κ2) is 8.28. The number of hydrogen-bond acceptors (Lipinski definition) is 6. The van der Waals surface area contributed by atoms with Crippen LogP contribution in [0.3, 0.4) is 0 Å². The molecule has 3 aromatic rings. The number of nitrogens with zero attached hydrogens (tertiary/aromatic N) is 3. The number of nitro groups is 1. The zero-order chi connectivity index (χ0) is 20.3. The summed E-state index contributed by atoms with van der Waals surface area (Å²) in [6.45, 7) is 0.0106. The number of rotatable bonds is 6. The number of aromatic nitrogens is 2. The molecule has 0 atom stereocenters. The van der Waals surface area contributed by atoms with Gasteiger partial charge in [-0.1, -0.05) is 27.5 Å². The first-order valence-corrected chi connectivity index (χ1v) is 8.90. The standard InChI is InChI=1S/C17H12BrClN4O5/c18-10-1-4-16(12(19)7-10)28-9-22-6-5-13(21-22)17(25)20-14-8-11(23(26)27)2-3-15(14)24/h1-8,24H,9H2,(H,20,25). The number of anilines is 1. The van der Waals surface area contributed by atoms with Crippen molar-refractivity contribution in [2.75, 3.05) is 5.32 Å². The van der Waals surface area contributed by atoms with Crippen LogP contribution in [0.2, 0.25) is 5.02 Å². The number of aromatic hydroxyl groups is 1. The Morgan fingerprint density at radius 2 is 2.11 bits per heavy atom. The number of phenolic OH excluding ortho intramolecular Hbond substituents is 1. The Morgan fingerprint density at radius 1 is 1.32 bits per heavy atom. The van der Waals surface area contributed by atoms with E-state index < -0.39 is 10.8 Å². The molecule has 11 heteroatoms. The van der Waals surface area contributed by atoms with E-state index in [0.717, 1.165) is 22.7 Å².